The van der Waals surface area contributed by atoms with Gasteiger partial charge in [0.2, 0.25) is 0 Å². The Labute approximate surface area is 870 Å². The van der Waals surface area contributed by atoms with Crippen LogP contribution in [0.2, 0.25) is 39.3 Å². The fourth-order valence-electron chi connectivity index (χ4n) is 14.5. The molecule has 0 N–H and O–H groups in total. The third kappa shape index (κ3) is 33.6. The molecular formula is C114H126FO22P7Si2. The number of aryl methyl sites for hydroxylation is 2. The second kappa shape index (κ2) is 60.3. The molecule has 14 aromatic rings. The Morgan fingerprint density at radius 3 is 0.884 bits per heavy atom. The van der Waals surface area contributed by atoms with Gasteiger partial charge >= 0.3 is 0 Å². The average molecular weight is 2140 g/mol. The van der Waals surface area contributed by atoms with E-state index in [4.69, 9.17) is 71.1 Å². The number of halogens is 1. The highest BCUT2D eigenvalue weighted by atomic mass is 31.1. The molecule has 0 aliphatic heterocycles. The first-order valence-corrected chi connectivity index (χ1v) is 59.5. The van der Waals surface area contributed by atoms with Gasteiger partial charge in [-0.3, -0.25) is 33.6 Å². The summed E-state index contributed by atoms with van der Waals surface area (Å²) in [4.78, 5) is 78.2. The fraction of sp³-hybridized carbons (Fsp3) is 0.202. The number of benzene rings is 14. The molecule has 764 valence electrons. The van der Waals surface area contributed by atoms with Crippen molar-refractivity contribution in [3.63, 3.8) is 0 Å². The lowest BCUT2D eigenvalue weighted by atomic mass is 10.1. The van der Waals surface area contributed by atoms with Gasteiger partial charge in [-0.15, -0.1) is 0 Å². The number of rotatable bonds is 38. The molecule has 0 radical (unpaired) electrons. The molecule has 22 nitrogen and oxygen atoms in total. The Kier molecular flexibility index (Phi) is 48.9. The summed E-state index contributed by atoms with van der Waals surface area (Å²) in [6.45, 7) is 18.2. The van der Waals surface area contributed by atoms with E-state index in [-0.39, 0.29) is 17.2 Å². The van der Waals surface area contributed by atoms with Crippen molar-refractivity contribution in [2.75, 3.05) is 107 Å². The van der Waals surface area contributed by atoms with Crippen molar-refractivity contribution in [1.82, 2.24) is 0 Å². The van der Waals surface area contributed by atoms with E-state index >= 15 is 0 Å². The Morgan fingerprint density at radius 2 is 0.527 bits per heavy atom. The highest BCUT2D eigenvalue weighted by Gasteiger charge is 2.29. The minimum absolute atomic E-state index is 0.100. The Morgan fingerprint density at radius 1 is 0.219 bits per heavy atom. The Hall–Kier alpha value is -12.9. The summed E-state index contributed by atoms with van der Waals surface area (Å²) < 4.78 is 93.8. The molecule has 0 saturated carbocycles. The molecule has 0 fully saturated rings. The number of carbonyl (C=O) groups excluding carboxylic acids is 7. The van der Waals surface area contributed by atoms with Gasteiger partial charge in [0.25, 0.3) is 0 Å². The van der Waals surface area contributed by atoms with Crippen LogP contribution in [0.3, 0.4) is 0 Å². The monoisotopic (exact) mass is 2140 g/mol. The third-order valence-corrected chi connectivity index (χ3v) is 36.0. The number of hydrogen-bond acceptors (Lipinski definition) is 22. The van der Waals surface area contributed by atoms with E-state index in [1.807, 2.05) is 220 Å². The first-order valence-electron chi connectivity index (χ1n) is 45.5. The van der Waals surface area contributed by atoms with Crippen molar-refractivity contribution < 1.29 is 109 Å². The van der Waals surface area contributed by atoms with Crippen molar-refractivity contribution in [1.29, 1.82) is 0 Å². The molecule has 0 amide bonds. The standard InChI is InChI=1S/C20H29O2PSi2.C16H16FO4P.C16H17O4P.2C16H17O3P.2C15H15O3P/c1-22-20-18(23-17-11-9-8-10-15(17)14-21)12-16(24(2,3)4)13-19(20)25(5,6)7;1-19-12-7-13(20-2)16(21-3)15(8-12)22-14-5-4-11(17)6-10(14)9-18;1-18-12-8-13(19-2)16(20-3)15(9-12)21-14-7-5-4-6-11(14)10-17;1-11-4-7-15(12(8-11)10-17)20-16-9-13(18-2)5-6-14(16)19-3;1-11-6-4-7-12(10-17)16(11)20-14-9-5-8-13(18-2)15(14)19-3;1-17-12-7-5-9-14(15(12)18-2)19-13-8-4-3-6-11(13)10-16;1-17-12-7-8-13(18-2)15(9-12)19-14-6-4-3-5-11(14)10-16/h8-14,23H,1-7H3;4-9,22H,1-3H3;4-10,21H,1-3H3;2*4-10,20H,1-3H3;2*3-10,19H,1-2H3. The summed E-state index contributed by atoms with van der Waals surface area (Å²) in [6.07, 6.45) is 6.05. The molecule has 32 heteroatoms. The van der Waals surface area contributed by atoms with Crippen molar-refractivity contribution in [3.8, 4) is 86.2 Å². The molecule has 0 bridgehead atoms. The van der Waals surface area contributed by atoms with Gasteiger partial charge in [0.1, 0.15) is 46.1 Å². The first kappa shape index (κ1) is 118. The van der Waals surface area contributed by atoms with Crippen molar-refractivity contribution >= 4 is 205 Å². The number of carbonyl (C=O) groups is 7. The topological polar surface area (TPSA) is 258 Å². The average Bonchev–Trinajstić information content (AvgIpc) is 0.772. The van der Waals surface area contributed by atoms with E-state index in [2.05, 4.69) is 57.5 Å². The first-order chi connectivity index (χ1) is 70.4. The van der Waals surface area contributed by atoms with E-state index in [9.17, 15) is 38.0 Å². The number of aldehydes is 7. The Balaban J connectivity index is 0.000000208. The van der Waals surface area contributed by atoms with Crippen LogP contribution >= 0.6 is 60.1 Å². The molecule has 7 atom stereocenters. The third-order valence-electron chi connectivity index (χ3n) is 22.1. The summed E-state index contributed by atoms with van der Waals surface area (Å²) in [6, 6.07) is 81.2. The maximum Gasteiger partial charge on any atom is 0.168 e. The van der Waals surface area contributed by atoms with Crippen LogP contribution in [0.25, 0.3) is 0 Å². The predicted octanol–water partition coefficient (Wildman–Crippen LogP) is 16.9. The van der Waals surface area contributed by atoms with Crippen LogP contribution in [0.1, 0.15) is 83.6 Å². The van der Waals surface area contributed by atoms with Gasteiger partial charge < -0.3 is 71.1 Å². The molecule has 0 aliphatic rings. The van der Waals surface area contributed by atoms with Gasteiger partial charge in [-0.2, -0.15) is 0 Å². The molecule has 14 rings (SSSR count). The largest absolute Gasteiger partial charge is 0.497 e. The van der Waals surface area contributed by atoms with Gasteiger partial charge in [0, 0.05) is 88.2 Å². The van der Waals surface area contributed by atoms with Crippen LogP contribution in [0.4, 0.5) is 4.39 Å². The molecule has 0 spiro atoms. The zero-order valence-corrected chi connectivity index (χ0v) is 95.2. The molecule has 0 heterocycles. The number of para-hydroxylation sites is 2. The molecule has 0 saturated heterocycles. The summed E-state index contributed by atoms with van der Waals surface area (Å²) in [5, 5.41) is 16.8. The van der Waals surface area contributed by atoms with E-state index < -0.39 is 22.0 Å². The molecule has 14 aromatic carbocycles. The normalized spacial score (nSPS) is 11.0. The lowest BCUT2D eigenvalue weighted by molar-refractivity contribution is 0.111. The SMILES string of the molecule is COc1c(Pc2ccccc2C=O)cc([Si](C)(C)C)cc1[Si](C)(C)C.COc1cc(OC)c(OC)c(Pc2ccc(F)cc2C=O)c1.COc1cc(OC)c(OC)c(Pc2ccccc2C=O)c1.COc1ccc(OC)c(Pc2ccc(C)cc2C=O)c1.COc1ccc(OC)c(Pc2ccccc2C=O)c1.COc1cccc(Pc2c(C)cccc2C=O)c1OC.COc1cccc(Pc2ccccc2C=O)c1OC. The zero-order chi connectivity index (χ0) is 107. The summed E-state index contributed by atoms with van der Waals surface area (Å²) in [7, 11) is 23.5. The lowest BCUT2D eigenvalue weighted by Crippen LogP contribution is -2.47. The molecule has 0 aliphatic carbocycles. The van der Waals surface area contributed by atoms with E-state index in [1.165, 1.54) is 27.8 Å². The van der Waals surface area contributed by atoms with E-state index in [0.29, 0.717) is 117 Å². The van der Waals surface area contributed by atoms with Crippen LogP contribution in [-0.4, -0.2) is 167 Å². The van der Waals surface area contributed by atoms with E-state index in [1.54, 1.807) is 131 Å². The second-order valence-electron chi connectivity index (χ2n) is 33.6. The molecule has 0 aromatic heterocycles. The van der Waals surface area contributed by atoms with Crippen LogP contribution in [-0.2, 0) is 0 Å². The highest BCUT2D eigenvalue weighted by molar-refractivity contribution is 7.58. The smallest absolute Gasteiger partial charge is 0.168 e. The number of ether oxygens (including phenoxy) is 15. The number of hydrogen-bond donors (Lipinski definition) is 0. The molecule has 146 heavy (non-hydrogen) atoms. The minimum Gasteiger partial charge on any atom is -0.497 e. The van der Waals surface area contributed by atoms with Crippen molar-refractivity contribution in [3.05, 3.63) is 317 Å². The van der Waals surface area contributed by atoms with Gasteiger partial charge in [0.15, 0.2) is 90.0 Å². The maximum atomic E-state index is 13.2. The van der Waals surface area contributed by atoms with Gasteiger partial charge in [-0.1, -0.05) is 280 Å². The van der Waals surface area contributed by atoms with Crippen LogP contribution in [0.15, 0.2) is 261 Å². The molecule has 7 unspecified atom stereocenters. The summed E-state index contributed by atoms with van der Waals surface area (Å²) in [5.74, 6) is 10.3. The van der Waals surface area contributed by atoms with Gasteiger partial charge in [0.05, 0.1) is 123 Å². The predicted molar refractivity (Wildman–Crippen MR) is 615 cm³/mol. The van der Waals surface area contributed by atoms with Crippen LogP contribution < -0.4 is 156 Å². The zero-order valence-electron chi connectivity index (χ0n) is 86.2. The van der Waals surface area contributed by atoms with Crippen molar-refractivity contribution in [2.45, 2.75) is 53.1 Å². The summed E-state index contributed by atoms with van der Waals surface area (Å²) >= 11 is 0. The second-order valence-corrected chi connectivity index (χ2v) is 52.9. The maximum absolute atomic E-state index is 13.2. The van der Waals surface area contributed by atoms with Gasteiger partial charge in [-0.05, 0) is 141 Å². The highest BCUT2D eigenvalue weighted by Crippen LogP contribution is 2.38. The van der Waals surface area contributed by atoms with Crippen LogP contribution in [0, 0.1) is 19.7 Å². The fourth-order valence-corrected chi connectivity index (χ4v) is 26.7. The molecular weight excluding hydrogens is 2010 g/mol. The number of methoxy groups -OCH3 is 15. The van der Waals surface area contributed by atoms with E-state index in [0.717, 1.165) is 175 Å². The Bertz CT molecular complexity index is 6700. The van der Waals surface area contributed by atoms with Crippen molar-refractivity contribution in [2.24, 2.45) is 0 Å². The summed E-state index contributed by atoms with van der Waals surface area (Å²) in [5.41, 5.74) is 6.85. The van der Waals surface area contributed by atoms with Crippen LogP contribution in [0.5, 0.6) is 86.2 Å². The lowest BCUT2D eigenvalue weighted by Gasteiger charge is -2.27. The quantitative estimate of drug-likeness (QED) is 0.0198. The minimum atomic E-state index is -1.55. The van der Waals surface area contributed by atoms with Gasteiger partial charge in [-0.25, -0.2) is 4.39 Å².